The maximum atomic E-state index is 14.1. The van der Waals surface area contributed by atoms with Crippen LogP contribution in [0.3, 0.4) is 0 Å². The number of hydrogen-bond acceptors (Lipinski definition) is 9. The van der Waals surface area contributed by atoms with Gasteiger partial charge in [-0.15, -0.1) is 13.2 Å². The quantitative estimate of drug-likeness (QED) is 0.176. The standard InChI is InChI=1S/C33H44N4O8S/c1-7-9-10-11-24(36-32(42)45-33(3,4)5)30(39)37-19-22(18-27(37)29(38)35-26(31(40)41)20-46-16-8-2)44-28-14-15-34-25-17-21(43-6)12-13-23(25)28/h7-8,12-15,17,22,24,26-27H,1-2,9-11,16,18-20H2,3-6H3,(H,35,38)(H,36,42)(H,40,41)/t22-,24+,26-,27+/m1/s1. The van der Waals surface area contributed by atoms with E-state index in [1.54, 1.807) is 64.4 Å². The minimum Gasteiger partial charge on any atom is -0.497 e. The van der Waals surface area contributed by atoms with Crippen molar-refractivity contribution in [1.82, 2.24) is 20.5 Å². The fourth-order valence-electron chi connectivity index (χ4n) is 4.97. The first kappa shape index (κ1) is 36.2. The van der Waals surface area contributed by atoms with Gasteiger partial charge in [0.15, 0.2) is 0 Å². The highest BCUT2D eigenvalue weighted by Gasteiger charge is 2.44. The SMILES string of the molecule is C=CCCC[C@H](NC(=O)OC(C)(C)C)C(=O)N1C[C@H](Oc2ccnc3cc(OC)ccc23)C[C@H]1C(=O)N[C@H](CSCC=C)C(=O)O. The van der Waals surface area contributed by atoms with Gasteiger partial charge in [-0.05, 0) is 58.2 Å². The second-order valence-corrected chi connectivity index (χ2v) is 12.9. The van der Waals surface area contributed by atoms with Crippen molar-refractivity contribution < 1.29 is 38.5 Å². The van der Waals surface area contributed by atoms with E-state index < -0.39 is 53.7 Å². The maximum Gasteiger partial charge on any atom is 0.408 e. The Morgan fingerprint density at radius 1 is 1.15 bits per heavy atom. The van der Waals surface area contributed by atoms with E-state index in [0.29, 0.717) is 41.0 Å². The van der Waals surface area contributed by atoms with Gasteiger partial charge >= 0.3 is 12.1 Å². The van der Waals surface area contributed by atoms with Crippen LogP contribution >= 0.6 is 11.8 Å². The molecular formula is C33H44N4O8S. The lowest BCUT2D eigenvalue weighted by atomic mass is 10.1. The highest BCUT2D eigenvalue weighted by Crippen LogP contribution is 2.31. The van der Waals surface area contributed by atoms with Crippen molar-refractivity contribution in [3.8, 4) is 11.5 Å². The van der Waals surface area contributed by atoms with Gasteiger partial charge in [0.25, 0.3) is 0 Å². The number of alkyl carbamates (subject to hydrolysis) is 1. The Balaban J connectivity index is 1.91. The number of fused-ring (bicyclic) bond motifs is 1. The number of pyridine rings is 1. The van der Waals surface area contributed by atoms with Gasteiger partial charge in [-0.1, -0.05) is 12.2 Å². The molecule has 1 aliphatic heterocycles. The summed E-state index contributed by atoms with van der Waals surface area (Å²) in [5.41, 5.74) is -0.150. The molecule has 0 aliphatic carbocycles. The average Bonchev–Trinajstić information content (AvgIpc) is 3.42. The summed E-state index contributed by atoms with van der Waals surface area (Å²) in [5, 5.41) is 15.8. The normalized spacial score (nSPS) is 17.4. The number of thioether (sulfide) groups is 1. The number of nitrogens with zero attached hydrogens (tertiary/aromatic N) is 2. The molecule has 46 heavy (non-hydrogen) atoms. The van der Waals surface area contributed by atoms with Gasteiger partial charge in [0.05, 0.1) is 19.2 Å². The Bertz CT molecular complexity index is 1410. The van der Waals surface area contributed by atoms with Gasteiger partial charge in [-0.3, -0.25) is 14.6 Å². The summed E-state index contributed by atoms with van der Waals surface area (Å²) < 4.78 is 17.1. The number of carboxylic acids is 1. The van der Waals surface area contributed by atoms with Crippen LogP contribution in [-0.4, -0.2) is 93.9 Å². The number of ether oxygens (including phenoxy) is 3. The highest BCUT2D eigenvalue weighted by molar-refractivity contribution is 7.99. The molecule has 12 nitrogen and oxygen atoms in total. The molecule has 3 amide bonds. The minimum absolute atomic E-state index is 0.0216. The topological polar surface area (TPSA) is 156 Å². The number of methoxy groups -OCH3 is 1. The number of benzene rings is 1. The van der Waals surface area contributed by atoms with Crippen molar-refractivity contribution in [3.05, 3.63) is 55.8 Å². The van der Waals surface area contributed by atoms with Crippen LogP contribution in [0.2, 0.25) is 0 Å². The Kier molecular flexibility index (Phi) is 13.3. The molecular weight excluding hydrogens is 612 g/mol. The van der Waals surface area contributed by atoms with E-state index in [-0.39, 0.29) is 25.1 Å². The molecule has 0 radical (unpaired) electrons. The van der Waals surface area contributed by atoms with Crippen molar-refractivity contribution in [1.29, 1.82) is 0 Å². The summed E-state index contributed by atoms with van der Waals surface area (Å²) in [5.74, 6) is -0.560. The van der Waals surface area contributed by atoms with Crippen LogP contribution in [0, 0.1) is 0 Å². The number of aromatic nitrogens is 1. The Labute approximate surface area is 273 Å². The molecule has 1 fully saturated rings. The van der Waals surface area contributed by atoms with Gasteiger partial charge in [0, 0.05) is 35.6 Å². The molecule has 1 aromatic carbocycles. The summed E-state index contributed by atoms with van der Waals surface area (Å²) in [6.07, 6.45) is 5.10. The molecule has 0 bridgehead atoms. The summed E-state index contributed by atoms with van der Waals surface area (Å²) in [6.45, 7) is 12.5. The van der Waals surface area contributed by atoms with E-state index in [1.807, 2.05) is 6.07 Å². The van der Waals surface area contributed by atoms with E-state index in [2.05, 4.69) is 28.8 Å². The van der Waals surface area contributed by atoms with E-state index in [0.717, 1.165) is 0 Å². The third kappa shape index (κ3) is 10.4. The van der Waals surface area contributed by atoms with Crippen LogP contribution in [0.4, 0.5) is 4.79 Å². The molecule has 13 heteroatoms. The average molecular weight is 657 g/mol. The van der Waals surface area contributed by atoms with Gasteiger partial charge in [0.2, 0.25) is 11.8 Å². The monoisotopic (exact) mass is 656 g/mol. The van der Waals surface area contributed by atoms with Crippen LogP contribution in [0.25, 0.3) is 10.9 Å². The van der Waals surface area contributed by atoms with E-state index in [1.165, 1.54) is 16.7 Å². The van der Waals surface area contributed by atoms with Gasteiger partial charge < -0.3 is 34.9 Å². The maximum absolute atomic E-state index is 14.1. The molecule has 250 valence electrons. The number of likely N-dealkylation sites (tertiary alicyclic amines) is 1. The smallest absolute Gasteiger partial charge is 0.408 e. The molecule has 1 aliphatic rings. The number of nitrogens with one attached hydrogen (secondary N) is 2. The highest BCUT2D eigenvalue weighted by atomic mass is 32.2. The van der Waals surface area contributed by atoms with Gasteiger partial charge in [-0.25, -0.2) is 9.59 Å². The van der Waals surface area contributed by atoms with E-state index >= 15 is 0 Å². The molecule has 0 saturated carbocycles. The Hall–Kier alpha value is -4.26. The van der Waals surface area contributed by atoms with Gasteiger partial charge in [0.1, 0.15) is 41.3 Å². The predicted molar refractivity (Wildman–Crippen MR) is 177 cm³/mol. The molecule has 1 saturated heterocycles. The van der Waals surface area contributed by atoms with Crippen LogP contribution in [-0.2, 0) is 19.1 Å². The predicted octanol–water partition coefficient (Wildman–Crippen LogP) is 4.33. The zero-order valence-electron chi connectivity index (χ0n) is 26.8. The number of rotatable bonds is 16. The number of aliphatic carboxylic acids is 1. The molecule has 0 spiro atoms. The summed E-state index contributed by atoms with van der Waals surface area (Å²) in [6, 6.07) is 3.83. The molecule has 3 N–H and O–H groups in total. The van der Waals surface area contributed by atoms with E-state index in [4.69, 9.17) is 14.2 Å². The second kappa shape index (κ2) is 16.9. The van der Waals surface area contributed by atoms with Crippen LogP contribution in [0.15, 0.2) is 55.8 Å². The lowest BCUT2D eigenvalue weighted by molar-refractivity contribution is -0.143. The zero-order chi connectivity index (χ0) is 33.9. The molecule has 0 unspecified atom stereocenters. The zero-order valence-corrected chi connectivity index (χ0v) is 27.6. The fraction of sp³-hybridized carbons (Fsp3) is 0.485. The lowest BCUT2D eigenvalue weighted by Gasteiger charge is -2.30. The van der Waals surface area contributed by atoms with Gasteiger partial charge in [-0.2, -0.15) is 11.8 Å². The third-order valence-corrected chi connectivity index (χ3v) is 8.12. The molecule has 1 aromatic heterocycles. The van der Waals surface area contributed by atoms with Crippen molar-refractivity contribution in [2.24, 2.45) is 0 Å². The number of amides is 3. The third-order valence-electron chi connectivity index (χ3n) is 7.08. The van der Waals surface area contributed by atoms with Crippen LogP contribution in [0.1, 0.15) is 46.5 Å². The number of carbonyl (C=O) groups excluding carboxylic acids is 3. The minimum atomic E-state index is -1.19. The molecule has 3 rings (SSSR count). The summed E-state index contributed by atoms with van der Waals surface area (Å²) in [4.78, 5) is 58.3. The van der Waals surface area contributed by atoms with Crippen LogP contribution in [0.5, 0.6) is 11.5 Å². The van der Waals surface area contributed by atoms with Crippen LogP contribution < -0.4 is 20.1 Å². The molecule has 4 atom stereocenters. The van der Waals surface area contributed by atoms with Crippen molar-refractivity contribution in [2.75, 3.05) is 25.2 Å². The number of allylic oxidation sites excluding steroid dienone is 1. The molecule has 2 heterocycles. The largest absolute Gasteiger partial charge is 0.497 e. The van der Waals surface area contributed by atoms with Crippen molar-refractivity contribution >= 4 is 46.5 Å². The fourth-order valence-corrected chi connectivity index (χ4v) is 5.74. The van der Waals surface area contributed by atoms with E-state index in [9.17, 15) is 24.3 Å². The Morgan fingerprint density at radius 2 is 1.91 bits per heavy atom. The first-order valence-electron chi connectivity index (χ1n) is 15.1. The number of carboxylic acid groups (broad SMARTS) is 1. The van der Waals surface area contributed by atoms with Crippen molar-refractivity contribution in [3.63, 3.8) is 0 Å². The number of carbonyl (C=O) groups is 4. The first-order chi connectivity index (χ1) is 21.9. The first-order valence-corrected chi connectivity index (χ1v) is 16.2. The Morgan fingerprint density at radius 3 is 2.57 bits per heavy atom. The second-order valence-electron chi connectivity index (χ2n) is 11.8. The number of unbranched alkanes of at least 4 members (excludes halogenated alkanes) is 1. The summed E-state index contributed by atoms with van der Waals surface area (Å²) >= 11 is 1.31. The van der Waals surface area contributed by atoms with Crippen molar-refractivity contribution in [2.45, 2.75) is 76.3 Å². The summed E-state index contributed by atoms with van der Waals surface area (Å²) in [7, 11) is 1.56. The lowest BCUT2D eigenvalue weighted by Crippen LogP contribution is -2.56. The number of hydrogen-bond donors (Lipinski definition) is 3. The molecule has 2 aromatic rings.